The molecular weight excluding hydrogens is 362 g/mol. The van der Waals surface area contributed by atoms with Gasteiger partial charge in [0, 0.05) is 19.0 Å². The fourth-order valence-corrected chi connectivity index (χ4v) is 2.90. The van der Waals surface area contributed by atoms with E-state index in [4.69, 9.17) is 9.88 Å². The van der Waals surface area contributed by atoms with Gasteiger partial charge in [-0.05, 0) is 31.9 Å². The highest BCUT2D eigenvalue weighted by molar-refractivity contribution is 7.89. The van der Waals surface area contributed by atoms with Gasteiger partial charge in [-0.25, -0.2) is 13.6 Å². The number of nitrogens with zero attached hydrogens (tertiary/aromatic N) is 1. The standard InChI is InChI=1S/C16H25N3O6S/c1-2-25-16(20)8-6-4-3-5-7-11-18-14-10-9-13(26(17,23)24)12-15(14)19(21)22/h9-10,12,18H,2-8,11H2,1H3,(H2,17,23,24). The van der Waals surface area contributed by atoms with Crippen LogP contribution in [0.1, 0.15) is 45.4 Å². The highest BCUT2D eigenvalue weighted by Crippen LogP contribution is 2.27. The summed E-state index contributed by atoms with van der Waals surface area (Å²) in [5.41, 5.74) is -0.0735. The van der Waals surface area contributed by atoms with E-state index in [1.54, 1.807) is 6.92 Å². The second kappa shape index (κ2) is 10.7. The third kappa shape index (κ3) is 7.79. The fourth-order valence-electron chi connectivity index (χ4n) is 2.37. The number of esters is 1. The van der Waals surface area contributed by atoms with Crippen molar-refractivity contribution in [3.8, 4) is 0 Å². The third-order valence-corrected chi connectivity index (χ3v) is 4.58. The number of sulfonamides is 1. The third-order valence-electron chi connectivity index (χ3n) is 3.67. The van der Waals surface area contributed by atoms with Gasteiger partial charge in [0.25, 0.3) is 5.69 Å². The molecule has 0 fully saturated rings. The Morgan fingerprint density at radius 1 is 1.23 bits per heavy atom. The van der Waals surface area contributed by atoms with Crippen molar-refractivity contribution in [3.63, 3.8) is 0 Å². The van der Waals surface area contributed by atoms with Crippen LogP contribution in [0, 0.1) is 10.1 Å². The van der Waals surface area contributed by atoms with E-state index in [2.05, 4.69) is 5.32 Å². The number of nitrogens with one attached hydrogen (secondary N) is 1. The molecule has 0 bridgehead atoms. The number of carbonyl (C=O) groups excluding carboxylic acids is 1. The molecule has 0 aliphatic carbocycles. The van der Waals surface area contributed by atoms with Crippen LogP contribution in [0.5, 0.6) is 0 Å². The summed E-state index contributed by atoms with van der Waals surface area (Å²) in [7, 11) is -3.99. The number of benzene rings is 1. The molecule has 3 N–H and O–H groups in total. The summed E-state index contributed by atoms with van der Waals surface area (Å²) in [6.07, 6.45) is 4.80. The zero-order valence-corrected chi connectivity index (χ0v) is 15.6. The van der Waals surface area contributed by atoms with Crippen LogP contribution >= 0.6 is 0 Å². The van der Waals surface area contributed by atoms with Gasteiger partial charge in [-0.2, -0.15) is 0 Å². The van der Waals surface area contributed by atoms with Crippen molar-refractivity contribution in [2.75, 3.05) is 18.5 Å². The lowest BCUT2D eigenvalue weighted by atomic mass is 10.1. The van der Waals surface area contributed by atoms with Crippen LogP contribution in [-0.2, 0) is 19.6 Å². The quantitative estimate of drug-likeness (QED) is 0.243. The van der Waals surface area contributed by atoms with Crippen LogP contribution in [0.4, 0.5) is 11.4 Å². The molecule has 0 saturated carbocycles. The molecule has 146 valence electrons. The Morgan fingerprint density at radius 3 is 2.50 bits per heavy atom. The summed E-state index contributed by atoms with van der Waals surface area (Å²) in [5.74, 6) is -0.176. The Hall–Kier alpha value is -2.20. The second-order valence-corrected chi connectivity index (χ2v) is 7.29. The monoisotopic (exact) mass is 387 g/mol. The van der Waals surface area contributed by atoms with E-state index in [1.165, 1.54) is 12.1 Å². The van der Waals surface area contributed by atoms with Crippen LogP contribution in [-0.4, -0.2) is 32.5 Å². The molecular formula is C16H25N3O6S. The zero-order chi connectivity index (χ0) is 19.6. The highest BCUT2D eigenvalue weighted by atomic mass is 32.2. The molecule has 0 radical (unpaired) electrons. The second-order valence-electron chi connectivity index (χ2n) is 5.73. The van der Waals surface area contributed by atoms with E-state index in [0.717, 1.165) is 38.2 Å². The number of primary sulfonamides is 1. The molecule has 1 rings (SSSR count). The summed E-state index contributed by atoms with van der Waals surface area (Å²) in [4.78, 5) is 21.3. The van der Waals surface area contributed by atoms with Crippen molar-refractivity contribution >= 4 is 27.4 Å². The predicted octanol–water partition coefficient (Wildman–Crippen LogP) is 2.56. The summed E-state index contributed by atoms with van der Waals surface area (Å²) in [5, 5.41) is 19.0. The van der Waals surface area contributed by atoms with E-state index >= 15 is 0 Å². The maximum absolute atomic E-state index is 11.3. The number of carbonyl (C=O) groups is 1. The average molecular weight is 387 g/mol. The molecule has 1 aromatic carbocycles. The van der Waals surface area contributed by atoms with E-state index in [9.17, 15) is 23.3 Å². The molecule has 0 saturated heterocycles. The number of hydrogen-bond donors (Lipinski definition) is 2. The normalized spacial score (nSPS) is 11.2. The molecule has 0 spiro atoms. The zero-order valence-electron chi connectivity index (χ0n) is 14.8. The van der Waals surface area contributed by atoms with Crippen molar-refractivity contribution in [2.24, 2.45) is 5.14 Å². The van der Waals surface area contributed by atoms with Gasteiger partial charge >= 0.3 is 5.97 Å². The van der Waals surface area contributed by atoms with Gasteiger partial charge in [0.2, 0.25) is 10.0 Å². The maximum Gasteiger partial charge on any atom is 0.305 e. The number of hydrogen-bond acceptors (Lipinski definition) is 7. The first-order chi connectivity index (χ1) is 12.3. The number of ether oxygens (including phenoxy) is 1. The number of nitrogens with two attached hydrogens (primary N) is 1. The van der Waals surface area contributed by atoms with Crippen molar-refractivity contribution in [1.29, 1.82) is 0 Å². The van der Waals surface area contributed by atoms with Crippen LogP contribution < -0.4 is 10.5 Å². The molecule has 0 aliphatic rings. The van der Waals surface area contributed by atoms with Crippen LogP contribution in [0.3, 0.4) is 0 Å². The number of unbranched alkanes of at least 4 members (excludes halogenated alkanes) is 4. The van der Waals surface area contributed by atoms with Gasteiger partial charge in [-0.15, -0.1) is 0 Å². The number of rotatable bonds is 12. The van der Waals surface area contributed by atoms with Gasteiger partial charge in [-0.1, -0.05) is 19.3 Å². The molecule has 0 aliphatic heterocycles. The average Bonchev–Trinajstić information content (AvgIpc) is 2.56. The SMILES string of the molecule is CCOC(=O)CCCCCCCNc1ccc(S(N)(=O)=O)cc1[N+](=O)[O-]. The van der Waals surface area contributed by atoms with Crippen molar-refractivity contribution in [3.05, 3.63) is 28.3 Å². The Bertz CT molecular complexity index is 721. The Kier molecular flexibility index (Phi) is 9.00. The number of nitro benzene ring substituents is 1. The smallest absolute Gasteiger partial charge is 0.305 e. The van der Waals surface area contributed by atoms with Gasteiger partial charge < -0.3 is 10.1 Å². The van der Waals surface area contributed by atoms with Crippen molar-refractivity contribution in [1.82, 2.24) is 0 Å². The largest absolute Gasteiger partial charge is 0.466 e. The van der Waals surface area contributed by atoms with Crippen molar-refractivity contribution < 1.29 is 22.9 Å². The minimum Gasteiger partial charge on any atom is -0.466 e. The molecule has 0 amide bonds. The van der Waals surface area contributed by atoms with Gasteiger partial charge in [-0.3, -0.25) is 14.9 Å². The first-order valence-corrected chi connectivity index (χ1v) is 10.0. The first kappa shape index (κ1) is 21.8. The van der Waals surface area contributed by atoms with Gasteiger partial charge in [0.05, 0.1) is 16.4 Å². The lowest BCUT2D eigenvalue weighted by Crippen LogP contribution is -2.13. The molecule has 0 aromatic heterocycles. The Morgan fingerprint density at radius 2 is 1.88 bits per heavy atom. The summed E-state index contributed by atoms with van der Waals surface area (Å²) < 4.78 is 27.4. The van der Waals surface area contributed by atoms with Gasteiger partial charge in [0.1, 0.15) is 5.69 Å². The summed E-state index contributed by atoms with van der Waals surface area (Å²) >= 11 is 0. The number of nitro groups is 1. The molecule has 9 nitrogen and oxygen atoms in total. The molecule has 0 heterocycles. The van der Waals surface area contributed by atoms with E-state index in [-0.39, 0.29) is 22.2 Å². The van der Waals surface area contributed by atoms with E-state index in [0.29, 0.717) is 19.6 Å². The fraction of sp³-hybridized carbons (Fsp3) is 0.562. The van der Waals surface area contributed by atoms with Crippen LogP contribution in [0.25, 0.3) is 0 Å². The van der Waals surface area contributed by atoms with Crippen LogP contribution in [0.2, 0.25) is 0 Å². The minimum absolute atomic E-state index is 0.176. The van der Waals surface area contributed by atoms with Crippen molar-refractivity contribution in [2.45, 2.75) is 50.3 Å². The van der Waals surface area contributed by atoms with E-state index < -0.39 is 14.9 Å². The minimum atomic E-state index is -3.99. The van der Waals surface area contributed by atoms with Crippen LogP contribution in [0.15, 0.2) is 23.1 Å². The van der Waals surface area contributed by atoms with Gasteiger partial charge in [0.15, 0.2) is 0 Å². The summed E-state index contributed by atoms with van der Waals surface area (Å²) in [6, 6.07) is 3.53. The molecule has 0 unspecified atom stereocenters. The molecule has 1 aromatic rings. The van der Waals surface area contributed by atoms with E-state index in [1.807, 2.05) is 0 Å². The molecule has 26 heavy (non-hydrogen) atoms. The predicted molar refractivity (Wildman–Crippen MR) is 97.3 cm³/mol. The first-order valence-electron chi connectivity index (χ1n) is 8.46. The lowest BCUT2D eigenvalue weighted by Gasteiger charge is -2.08. The lowest BCUT2D eigenvalue weighted by molar-refractivity contribution is -0.384. The maximum atomic E-state index is 11.3. The number of anilines is 1. The topological polar surface area (TPSA) is 142 Å². The highest BCUT2D eigenvalue weighted by Gasteiger charge is 2.18. The Labute approximate surface area is 153 Å². The Balaban J connectivity index is 2.37. The molecule has 10 heteroatoms. The molecule has 0 atom stereocenters. The summed E-state index contributed by atoms with van der Waals surface area (Å²) in [6.45, 7) is 2.69.